The maximum atomic E-state index is 12.3. The van der Waals surface area contributed by atoms with Gasteiger partial charge in [-0.1, -0.05) is 12.5 Å². The highest BCUT2D eigenvalue weighted by Gasteiger charge is 2.16. The Hall–Kier alpha value is -1.39. The van der Waals surface area contributed by atoms with Gasteiger partial charge in [0.2, 0.25) is 0 Å². The van der Waals surface area contributed by atoms with E-state index in [2.05, 4.69) is 0 Å². The highest BCUT2D eigenvalue weighted by Crippen LogP contribution is 2.21. The van der Waals surface area contributed by atoms with Crippen molar-refractivity contribution in [2.24, 2.45) is 5.73 Å². The molecule has 0 aliphatic carbocycles. The van der Waals surface area contributed by atoms with Gasteiger partial charge in [0, 0.05) is 19.2 Å². The lowest BCUT2D eigenvalue weighted by Gasteiger charge is -2.17. The molecular formula is C15H22N2O2. The zero-order valence-corrected chi connectivity index (χ0v) is 11.5. The molecule has 0 fully saturated rings. The van der Waals surface area contributed by atoms with E-state index in [1.807, 2.05) is 25.2 Å². The lowest BCUT2D eigenvalue weighted by molar-refractivity contribution is 0.0792. The lowest BCUT2D eigenvalue weighted by Crippen LogP contribution is -2.27. The first-order valence-electron chi connectivity index (χ1n) is 6.87. The molecule has 1 heterocycles. The summed E-state index contributed by atoms with van der Waals surface area (Å²) in [4.78, 5) is 14.1. The third-order valence-electron chi connectivity index (χ3n) is 3.51. The molecule has 0 saturated heterocycles. The van der Waals surface area contributed by atoms with Gasteiger partial charge in [0.05, 0.1) is 13.2 Å². The van der Waals surface area contributed by atoms with Crippen LogP contribution in [-0.2, 0) is 18.0 Å². The summed E-state index contributed by atoms with van der Waals surface area (Å²) in [6.07, 6.45) is 3.11. The van der Waals surface area contributed by atoms with E-state index in [0.717, 1.165) is 43.5 Å². The van der Waals surface area contributed by atoms with Gasteiger partial charge in [-0.2, -0.15) is 0 Å². The molecular weight excluding hydrogens is 240 g/mol. The number of hydrogen-bond acceptors (Lipinski definition) is 3. The van der Waals surface area contributed by atoms with E-state index in [4.69, 9.17) is 10.5 Å². The zero-order chi connectivity index (χ0) is 13.7. The van der Waals surface area contributed by atoms with Crippen LogP contribution in [0.1, 0.15) is 40.7 Å². The van der Waals surface area contributed by atoms with Crippen LogP contribution >= 0.6 is 0 Å². The number of ether oxygens (including phenoxy) is 1. The number of benzene rings is 1. The van der Waals surface area contributed by atoms with E-state index >= 15 is 0 Å². The zero-order valence-electron chi connectivity index (χ0n) is 11.5. The highest BCUT2D eigenvalue weighted by molar-refractivity contribution is 5.94. The molecule has 1 aliphatic heterocycles. The second kappa shape index (κ2) is 6.68. The topological polar surface area (TPSA) is 55.6 Å². The Kier molecular flexibility index (Phi) is 4.93. The van der Waals surface area contributed by atoms with Gasteiger partial charge in [-0.3, -0.25) is 4.79 Å². The predicted octanol–water partition coefficient (Wildman–Crippen LogP) is 1.92. The average Bonchev–Trinajstić information content (AvgIpc) is 2.89. The minimum absolute atomic E-state index is 0.0856. The first-order valence-corrected chi connectivity index (χ1v) is 6.87. The molecule has 2 N–H and O–H groups in total. The van der Waals surface area contributed by atoms with Crippen LogP contribution in [0.4, 0.5) is 0 Å². The fraction of sp³-hybridized carbons (Fsp3) is 0.533. The number of rotatable bonds is 6. The van der Waals surface area contributed by atoms with Crippen molar-refractivity contribution in [2.45, 2.75) is 32.5 Å². The molecule has 0 aromatic heterocycles. The Balaban J connectivity index is 1.91. The van der Waals surface area contributed by atoms with Crippen molar-refractivity contribution in [3.63, 3.8) is 0 Å². The molecule has 2 rings (SSSR count). The fourth-order valence-corrected chi connectivity index (χ4v) is 2.30. The van der Waals surface area contributed by atoms with Crippen molar-refractivity contribution in [1.82, 2.24) is 4.90 Å². The Morgan fingerprint density at radius 1 is 1.26 bits per heavy atom. The highest BCUT2D eigenvalue weighted by atomic mass is 16.5. The lowest BCUT2D eigenvalue weighted by atomic mass is 10.1. The Morgan fingerprint density at radius 2 is 2.05 bits per heavy atom. The summed E-state index contributed by atoms with van der Waals surface area (Å²) in [7, 11) is 1.86. The molecule has 0 spiro atoms. The standard InChI is InChI=1S/C15H22N2O2/c1-17(8-4-2-3-7-16)15(18)12-5-6-13-10-19-11-14(13)9-12/h5-6,9H,2-4,7-8,10-11,16H2,1H3. The summed E-state index contributed by atoms with van der Waals surface area (Å²) in [5.41, 5.74) is 8.55. The van der Waals surface area contributed by atoms with Crippen LogP contribution in [-0.4, -0.2) is 30.9 Å². The fourth-order valence-electron chi connectivity index (χ4n) is 2.30. The van der Waals surface area contributed by atoms with Crippen LogP contribution in [0.15, 0.2) is 18.2 Å². The van der Waals surface area contributed by atoms with Gasteiger partial charge in [0.25, 0.3) is 5.91 Å². The summed E-state index contributed by atoms with van der Waals surface area (Å²) in [5, 5.41) is 0. The van der Waals surface area contributed by atoms with E-state index < -0.39 is 0 Å². The average molecular weight is 262 g/mol. The normalized spacial score (nSPS) is 13.4. The smallest absolute Gasteiger partial charge is 0.253 e. The molecule has 1 aromatic rings. The van der Waals surface area contributed by atoms with Crippen molar-refractivity contribution in [3.8, 4) is 0 Å². The van der Waals surface area contributed by atoms with Crippen LogP contribution in [0, 0.1) is 0 Å². The van der Waals surface area contributed by atoms with Crippen molar-refractivity contribution in [2.75, 3.05) is 20.1 Å². The van der Waals surface area contributed by atoms with E-state index in [-0.39, 0.29) is 5.91 Å². The summed E-state index contributed by atoms with van der Waals surface area (Å²) in [6.45, 7) is 2.80. The van der Waals surface area contributed by atoms with E-state index in [9.17, 15) is 4.79 Å². The molecule has 1 amide bonds. The maximum Gasteiger partial charge on any atom is 0.253 e. The van der Waals surface area contributed by atoms with Crippen molar-refractivity contribution in [1.29, 1.82) is 0 Å². The second-order valence-electron chi connectivity index (χ2n) is 5.05. The maximum absolute atomic E-state index is 12.3. The summed E-state index contributed by atoms with van der Waals surface area (Å²) < 4.78 is 5.37. The second-order valence-corrected chi connectivity index (χ2v) is 5.05. The largest absolute Gasteiger partial charge is 0.372 e. The van der Waals surface area contributed by atoms with Gasteiger partial charge in [-0.15, -0.1) is 0 Å². The number of unbranched alkanes of at least 4 members (excludes halogenated alkanes) is 2. The van der Waals surface area contributed by atoms with Crippen LogP contribution < -0.4 is 5.73 Å². The molecule has 4 nitrogen and oxygen atoms in total. The molecule has 104 valence electrons. The number of amides is 1. The predicted molar refractivity (Wildman–Crippen MR) is 74.8 cm³/mol. The van der Waals surface area contributed by atoms with Crippen molar-refractivity contribution >= 4 is 5.91 Å². The SMILES string of the molecule is CN(CCCCCN)C(=O)c1ccc2c(c1)COC2. The first-order chi connectivity index (χ1) is 9.22. The number of hydrogen-bond donors (Lipinski definition) is 1. The van der Waals surface area contributed by atoms with E-state index in [1.165, 1.54) is 5.56 Å². The van der Waals surface area contributed by atoms with Crippen LogP contribution in [0.25, 0.3) is 0 Å². The van der Waals surface area contributed by atoms with Gasteiger partial charge in [0.1, 0.15) is 0 Å². The van der Waals surface area contributed by atoms with Crippen molar-refractivity contribution < 1.29 is 9.53 Å². The Morgan fingerprint density at radius 3 is 2.84 bits per heavy atom. The molecule has 0 saturated carbocycles. The quantitative estimate of drug-likeness (QED) is 0.797. The van der Waals surface area contributed by atoms with Crippen molar-refractivity contribution in [3.05, 3.63) is 34.9 Å². The molecule has 0 radical (unpaired) electrons. The van der Waals surface area contributed by atoms with Crippen LogP contribution in [0.2, 0.25) is 0 Å². The summed E-state index contributed by atoms with van der Waals surface area (Å²) in [6, 6.07) is 5.85. The van der Waals surface area contributed by atoms with Crippen LogP contribution in [0.5, 0.6) is 0 Å². The third kappa shape index (κ3) is 3.55. The van der Waals surface area contributed by atoms with Gasteiger partial charge < -0.3 is 15.4 Å². The molecule has 4 heteroatoms. The number of carbonyl (C=O) groups is 1. The summed E-state index contributed by atoms with van der Waals surface area (Å²) >= 11 is 0. The number of carbonyl (C=O) groups excluding carboxylic acids is 1. The van der Waals surface area contributed by atoms with Gasteiger partial charge in [-0.05, 0) is 42.6 Å². The summed E-state index contributed by atoms with van der Waals surface area (Å²) in [5.74, 6) is 0.0856. The Labute approximate surface area is 114 Å². The van der Waals surface area contributed by atoms with Crippen LogP contribution in [0.3, 0.4) is 0 Å². The van der Waals surface area contributed by atoms with Gasteiger partial charge in [-0.25, -0.2) is 0 Å². The molecule has 0 unspecified atom stereocenters. The van der Waals surface area contributed by atoms with Gasteiger partial charge in [0.15, 0.2) is 0 Å². The Bertz CT molecular complexity index is 446. The van der Waals surface area contributed by atoms with E-state index in [0.29, 0.717) is 13.2 Å². The number of nitrogens with zero attached hydrogens (tertiary/aromatic N) is 1. The number of fused-ring (bicyclic) bond motifs is 1. The molecule has 1 aliphatic rings. The molecule has 1 aromatic carbocycles. The molecule has 0 bridgehead atoms. The molecule has 19 heavy (non-hydrogen) atoms. The number of nitrogens with two attached hydrogens (primary N) is 1. The minimum Gasteiger partial charge on any atom is -0.372 e. The first kappa shape index (κ1) is 14.0. The van der Waals surface area contributed by atoms with Gasteiger partial charge >= 0.3 is 0 Å². The third-order valence-corrected chi connectivity index (χ3v) is 3.51. The minimum atomic E-state index is 0.0856. The molecule has 0 atom stereocenters. The monoisotopic (exact) mass is 262 g/mol. The van der Waals surface area contributed by atoms with E-state index in [1.54, 1.807) is 4.90 Å².